The molecule has 1 amide bonds. The molecule has 0 spiro atoms. The molecule has 0 bridgehead atoms. The molecule has 0 saturated carbocycles. The fraction of sp³-hybridized carbons (Fsp3) is 0.381. The van der Waals surface area contributed by atoms with Gasteiger partial charge in [0.2, 0.25) is 0 Å². The van der Waals surface area contributed by atoms with Crippen LogP contribution in [0.4, 0.5) is 10.5 Å². The largest absolute Gasteiger partial charge is 0.489 e. The summed E-state index contributed by atoms with van der Waals surface area (Å²) in [6, 6.07) is 11.7. The maximum absolute atomic E-state index is 11.8. The van der Waals surface area contributed by atoms with Crippen LogP contribution in [0.5, 0.6) is 5.75 Å². The lowest BCUT2D eigenvalue weighted by molar-refractivity contribution is 0.140. The molecular formula is C21H27NO4. The molecule has 0 aromatic heterocycles. The minimum absolute atomic E-state index is 0.230. The Kier molecular flexibility index (Phi) is 6.64. The quantitative estimate of drug-likeness (QED) is 0.569. The zero-order valence-electron chi connectivity index (χ0n) is 16.1. The van der Waals surface area contributed by atoms with Gasteiger partial charge in [-0.05, 0) is 48.1 Å². The lowest BCUT2D eigenvalue weighted by atomic mass is 10.0. The van der Waals surface area contributed by atoms with Gasteiger partial charge in [0.05, 0.1) is 12.8 Å². The number of amides is 1. The molecule has 0 radical (unpaired) electrons. The van der Waals surface area contributed by atoms with Gasteiger partial charge < -0.3 is 9.47 Å². The first-order valence-corrected chi connectivity index (χ1v) is 8.79. The van der Waals surface area contributed by atoms with Gasteiger partial charge in [-0.15, -0.1) is 0 Å². The zero-order valence-corrected chi connectivity index (χ0v) is 16.1. The van der Waals surface area contributed by atoms with Gasteiger partial charge in [0.25, 0.3) is 0 Å². The Hall–Kier alpha value is -2.53. The Morgan fingerprint density at radius 3 is 2.50 bits per heavy atom. The number of hydroxylamine groups is 1. The van der Waals surface area contributed by atoms with Crippen molar-refractivity contribution >= 4 is 11.8 Å². The molecule has 0 aliphatic rings. The van der Waals surface area contributed by atoms with E-state index in [1.165, 1.54) is 12.7 Å². The minimum Gasteiger partial charge on any atom is -0.489 e. The monoisotopic (exact) mass is 357 g/mol. The van der Waals surface area contributed by atoms with Crippen molar-refractivity contribution in [3.8, 4) is 5.75 Å². The summed E-state index contributed by atoms with van der Waals surface area (Å²) in [5, 5.41) is 10.7. The summed E-state index contributed by atoms with van der Waals surface area (Å²) in [5.41, 5.74) is 4.38. The number of ether oxygens (including phenoxy) is 2. The Morgan fingerprint density at radius 1 is 1.19 bits per heavy atom. The van der Waals surface area contributed by atoms with Gasteiger partial charge >= 0.3 is 6.09 Å². The SMILES string of the molecule is CCc1ccc(OCc2ccc(C(C)C)cc2N(O)C(=O)OC)c(C)c1. The van der Waals surface area contributed by atoms with Crippen LogP contribution in [0.25, 0.3) is 0 Å². The van der Waals surface area contributed by atoms with E-state index in [2.05, 4.69) is 17.7 Å². The lowest BCUT2D eigenvalue weighted by Gasteiger charge is -2.20. The summed E-state index contributed by atoms with van der Waals surface area (Å²) >= 11 is 0. The first-order valence-electron chi connectivity index (χ1n) is 8.79. The van der Waals surface area contributed by atoms with Crippen LogP contribution in [-0.2, 0) is 17.8 Å². The topological polar surface area (TPSA) is 59.0 Å². The van der Waals surface area contributed by atoms with E-state index in [1.807, 2.05) is 45.0 Å². The van der Waals surface area contributed by atoms with Crippen molar-refractivity contribution in [1.82, 2.24) is 0 Å². The van der Waals surface area contributed by atoms with Crippen LogP contribution in [0.15, 0.2) is 36.4 Å². The fourth-order valence-electron chi connectivity index (χ4n) is 2.69. The highest BCUT2D eigenvalue weighted by molar-refractivity contribution is 5.86. The third kappa shape index (κ3) is 4.55. The number of carbonyl (C=O) groups is 1. The molecule has 2 aromatic rings. The second kappa shape index (κ2) is 8.72. The first kappa shape index (κ1) is 19.8. The number of anilines is 1. The van der Waals surface area contributed by atoms with Gasteiger partial charge in [-0.25, -0.2) is 4.79 Å². The third-order valence-electron chi connectivity index (χ3n) is 4.38. The summed E-state index contributed by atoms with van der Waals surface area (Å²) in [7, 11) is 1.23. The van der Waals surface area contributed by atoms with Gasteiger partial charge in [0, 0.05) is 5.56 Å². The first-order chi connectivity index (χ1) is 12.4. The second-order valence-electron chi connectivity index (χ2n) is 6.57. The lowest BCUT2D eigenvalue weighted by Crippen LogP contribution is -2.28. The van der Waals surface area contributed by atoms with Gasteiger partial charge in [-0.2, -0.15) is 5.06 Å². The second-order valence-corrected chi connectivity index (χ2v) is 6.57. The van der Waals surface area contributed by atoms with E-state index in [9.17, 15) is 10.0 Å². The third-order valence-corrected chi connectivity index (χ3v) is 4.38. The van der Waals surface area contributed by atoms with Crippen molar-refractivity contribution in [2.45, 2.75) is 46.6 Å². The molecule has 1 N–H and O–H groups in total. The molecule has 0 heterocycles. The molecule has 0 aliphatic carbocycles. The van der Waals surface area contributed by atoms with Crippen molar-refractivity contribution in [3.05, 3.63) is 58.7 Å². The van der Waals surface area contributed by atoms with Crippen LogP contribution in [0.1, 0.15) is 48.9 Å². The molecule has 140 valence electrons. The predicted octanol–water partition coefficient (Wildman–Crippen LogP) is 5.22. The molecule has 5 heteroatoms. The Bertz CT molecular complexity index is 771. The summed E-state index contributed by atoms with van der Waals surface area (Å²) in [6.45, 7) is 8.44. The van der Waals surface area contributed by atoms with Gasteiger partial charge in [0.15, 0.2) is 0 Å². The molecule has 5 nitrogen and oxygen atoms in total. The molecule has 0 saturated heterocycles. The fourth-order valence-corrected chi connectivity index (χ4v) is 2.69. The maximum atomic E-state index is 11.8. The summed E-state index contributed by atoms with van der Waals surface area (Å²) in [4.78, 5) is 11.8. The number of aryl methyl sites for hydroxylation is 2. The molecule has 26 heavy (non-hydrogen) atoms. The van der Waals surface area contributed by atoms with E-state index in [-0.39, 0.29) is 12.5 Å². The zero-order chi connectivity index (χ0) is 19.3. The average molecular weight is 357 g/mol. The van der Waals surface area contributed by atoms with E-state index in [0.29, 0.717) is 16.3 Å². The number of benzene rings is 2. The molecule has 0 atom stereocenters. The van der Waals surface area contributed by atoms with Crippen molar-refractivity contribution < 1.29 is 19.5 Å². The van der Waals surface area contributed by atoms with E-state index in [1.54, 1.807) is 6.07 Å². The van der Waals surface area contributed by atoms with Gasteiger partial charge in [-0.1, -0.05) is 45.0 Å². The van der Waals surface area contributed by atoms with Crippen molar-refractivity contribution in [2.24, 2.45) is 0 Å². The van der Waals surface area contributed by atoms with Crippen LogP contribution in [0.3, 0.4) is 0 Å². The number of hydrogen-bond donors (Lipinski definition) is 1. The number of nitrogens with zero attached hydrogens (tertiary/aromatic N) is 1. The summed E-state index contributed by atoms with van der Waals surface area (Å²) < 4.78 is 10.6. The highest BCUT2D eigenvalue weighted by Crippen LogP contribution is 2.28. The molecule has 0 aliphatic heterocycles. The normalized spacial score (nSPS) is 10.7. The van der Waals surface area contributed by atoms with Crippen molar-refractivity contribution in [2.75, 3.05) is 12.2 Å². The molecule has 0 unspecified atom stereocenters. The van der Waals surface area contributed by atoms with Crippen molar-refractivity contribution in [3.63, 3.8) is 0 Å². The van der Waals surface area contributed by atoms with Gasteiger partial charge in [0.1, 0.15) is 12.4 Å². The summed E-state index contributed by atoms with van der Waals surface area (Å²) in [6.07, 6.45) is 0.135. The van der Waals surface area contributed by atoms with E-state index in [0.717, 1.165) is 23.3 Å². The average Bonchev–Trinajstić information content (AvgIpc) is 2.65. The number of carbonyl (C=O) groups excluding carboxylic acids is 1. The Balaban J connectivity index is 2.29. The highest BCUT2D eigenvalue weighted by Gasteiger charge is 2.19. The van der Waals surface area contributed by atoms with E-state index < -0.39 is 6.09 Å². The van der Waals surface area contributed by atoms with Crippen LogP contribution >= 0.6 is 0 Å². The molecular weight excluding hydrogens is 330 g/mol. The number of rotatable bonds is 6. The summed E-state index contributed by atoms with van der Waals surface area (Å²) in [5.74, 6) is 1.04. The Morgan fingerprint density at radius 2 is 1.92 bits per heavy atom. The van der Waals surface area contributed by atoms with E-state index in [4.69, 9.17) is 4.74 Å². The Labute approximate surface area is 155 Å². The number of methoxy groups -OCH3 is 1. The predicted molar refractivity (Wildman–Crippen MR) is 102 cm³/mol. The van der Waals surface area contributed by atoms with Crippen LogP contribution < -0.4 is 9.80 Å². The molecule has 2 rings (SSSR count). The molecule has 2 aromatic carbocycles. The minimum atomic E-state index is -0.837. The highest BCUT2D eigenvalue weighted by atomic mass is 16.6. The van der Waals surface area contributed by atoms with Crippen LogP contribution in [0, 0.1) is 6.92 Å². The standard InChI is InChI=1S/C21H27NO4/c1-6-16-7-10-20(15(4)11-16)26-13-18-9-8-17(14(2)3)12-19(18)22(24)21(23)25-5/h7-12,14,24H,6,13H2,1-5H3. The van der Waals surface area contributed by atoms with E-state index >= 15 is 0 Å². The smallest absolute Gasteiger partial charge is 0.438 e. The maximum Gasteiger partial charge on any atom is 0.438 e. The number of hydrogen-bond acceptors (Lipinski definition) is 4. The van der Waals surface area contributed by atoms with Gasteiger partial charge in [-0.3, -0.25) is 5.21 Å². The van der Waals surface area contributed by atoms with Crippen LogP contribution in [-0.4, -0.2) is 18.4 Å². The van der Waals surface area contributed by atoms with Crippen molar-refractivity contribution in [1.29, 1.82) is 0 Å². The van der Waals surface area contributed by atoms with Crippen LogP contribution in [0.2, 0.25) is 0 Å². The molecule has 0 fully saturated rings.